The molecule has 0 bridgehead atoms. The van der Waals surface area contributed by atoms with Crippen molar-refractivity contribution in [2.75, 3.05) is 6.61 Å². The Hall–Kier alpha value is -0.290. The van der Waals surface area contributed by atoms with Gasteiger partial charge in [0, 0.05) is 0 Å². The zero-order valence-electron chi connectivity index (χ0n) is 6.29. The molecule has 4 nitrogen and oxygen atoms in total. The molecule has 1 N–H and O–H groups in total. The van der Waals surface area contributed by atoms with Crippen LogP contribution in [0.1, 0.15) is 6.92 Å². The van der Waals surface area contributed by atoms with Crippen LogP contribution < -0.4 is 0 Å². The first-order chi connectivity index (χ1) is 5.50. The van der Waals surface area contributed by atoms with E-state index in [-0.39, 0.29) is 6.61 Å². The summed E-state index contributed by atoms with van der Waals surface area (Å²) in [6.07, 6.45) is 0. The number of aliphatic carboxylic acids is 1. The van der Waals surface area contributed by atoms with Crippen LogP contribution in [0.15, 0.2) is 0 Å². The second kappa shape index (κ2) is 5.37. The number of halogens is 2. The van der Waals surface area contributed by atoms with E-state index in [4.69, 9.17) is 16.7 Å². The van der Waals surface area contributed by atoms with Gasteiger partial charge in [0.05, 0.1) is 6.61 Å². The molecule has 0 spiro atoms. The summed E-state index contributed by atoms with van der Waals surface area (Å²) < 4.78 is 4.51. The van der Waals surface area contributed by atoms with E-state index in [1.54, 1.807) is 6.92 Å². The van der Waals surface area contributed by atoms with Crippen LogP contribution in [0.4, 0.5) is 0 Å². The highest BCUT2D eigenvalue weighted by Crippen LogP contribution is 2.13. The summed E-state index contributed by atoms with van der Waals surface area (Å²) in [7, 11) is 0. The number of esters is 1. The lowest BCUT2D eigenvalue weighted by Gasteiger charge is -2.10. The molecule has 0 aliphatic heterocycles. The summed E-state index contributed by atoms with van der Waals surface area (Å²) in [5.74, 6) is -1.92. The average Bonchev–Trinajstić information content (AvgIpc) is 2.02. The van der Waals surface area contributed by atoms with E-state index in [0.29, 0.717) is 0 Å². The lowest BCUT2D eigenvalue weighted by molar-refractivity contribution is -0.146. The van der Waals surface area contributed by atoms with Crippen LogP contribution in [0.25, 0.3) is 0 Å². The monoisotopic (exact) mass is 258 g/mol. The zero-order chi connectivity index (χ0) is 9.72. The summed E-state index contributed by atoms with van der Waals surface area (Å²) in [4.78, 5) is 20.0. The third-order valence-electron chi connectivity index (χ3n) is 1.00. The van der Waals surface area contributed by atoms with Crippen molar-refractivity contribution in [3.63, 3.8) is 0 Å². The second-order valence-corrected chi connectivity index (χ2v) is 3.35. The molecule has 0 aromatic rings. The van der Waals surface area contributed by atoms with Crippen LogP contribution >= 0.6 is 27.5 Å². The normalized spacial score (nSPS) is 14.9. The molecule has 0 saturated carbocycles. The number of carbonyl (C=O) groups excluding carboxylic acids is 1. The molecule has 0 aliphatic rings. The Morgan fingerprint density at radius 2 is 2.17 bits per heavy atom. The van der Waals surface area contributed by atoms with E-state index in [1.165, 1.54) is 0 Å². The molecule has 6 heteroatoms. The maximum atomic E-state index is 10.8. The van der Waals surface area contributed by atoms with Gasteiger partial charge in [-0.3, -0.25) is 9.59 Å². The fourth-order valence-corrected chi connectivity index (χ4v) is 0.853. The minimum Gasteiger partial charge on any atom is -0.480 e. The molecule has 2 unspecified atom stereocenters. The molecule has 0 amide bonds. The average molecular weight is 259 g/mol. The number of hydrogen-bond acceptors (Lipinski definition) is 3. The highest BCUT2D eigenvalue weighted by molar-refractivity contribution is 9.10. The summed E-state index contributed by atoms with van der Waals surface area (Å²) in [5, 5.41) is 7.24. The van der Waals surface area contributed by atoms with Gasteiger partial charge in [-0.15, -0.1) is 11.6 Å². The van der Waals surface area contributed by atoms with Crippen LogP contribution in [0.5, 0.6) is 0 Å². The molecule has 0 fully saturated rings. The van der Waals surface area contributed by atoms with Gasteiger partial charge in [-0.05, 0) is 6.92 Å². The molecule has 0 radical (unpaired) electrons. The van der Waals surface area contributed by atoms with Crippen molar-refractivity contribution in [1.82, 2.24) is 0 Å². The van der Waals surface area contributed by atoms with Gasteiger partial charge in [-0.2, -0.15) is 0 Å². The first-order valence-corrected chi connectivity index (χ1v) is 4.53. The summed E-state index contributed by atoms with van der Waals surface area (Å²) in [5.41, 5.74) is 0. The van der Waals surface area contributed by atoms with E-state index in [1.807, 2.05) is 0 Å². The second-order valence-electron chi connectivity index (χ2n) is 1.89. The Bertz CT molecular complexity index is 184. The van der Waals surface area contributed by atoms with Crippen LogP contribution in [-0.2, 0) is 14.3 Å². The maximum absolute atomic E-state index is 10.8. The lowest BCUT2D eigenvalue weighted by Crippen LogP contribution is -2.32. The predicted octanol–water partition coefficient (Wildman–Crippen LogP) is 1.01. The van der Waals surface area contributed by atoms with Crippen molar-refractivity contribution in [2.24, 2.45) is 0 Å². The van der Waals surface area contributed by atoms with Crippen LogP contribution in [0.2, 0.25) is 0 Å². The van der Waals surface area contributed by atoms with E-state index in [9.17, 15) is 9.59 Å². The Balaban J connectivity index is 4.09. The number of carboxylic acid groups (broad SMARTS) is 1. The number of ether oxygens (including phenoxy) is 1. The molecule has 0 aromatic carbocycles. The fourth-order valence-electron chi connectivity index (χ4n) is 0.467. The zero-order valence-corrected chi connectivity index (χ0v) is 8.63. The molecule has 70 valence electrons. The summed E-state index contributed by atoms with van der Waals surface area (Å²) >= 11 is 8.20. The number of carboxylic acids is 1. The molecule has 0 aliphatic carbocycles. The predicted molar refractivity (Wildman–Crippen MR) is 46.6 cm³/mol. The van der Waals surface area contributed by atoms with E-state index in [0.717, 1.165) is 0 Å². The molecule has 0 heterocycles. The molecular weight excluding hydrogens is 251 g/mol. The van der Waals surface area contributed by atoms with Gasteiger partial charge in [0.25, 0.3) is 0 Å². The number of rotatable bonds is 4. The molecule has 0 rings (SSSR count). The standard InChI is InChI=1S/C6H8BrClO4/c1-2-12-6(11)4(8)3(7)5(9)10/h3-4H,2H2,1H3,(H,9,10). The van der Waals surface area contributed by atoms with Gasteiger partial charge in [-0.1, -0.05) is 15.9 Å². The summed E-state index contributed by atoms with van der Waals surface area (Å²) in [6, 6.07) is 0. The minimum atomic E-state index is -1.19. The van der Waals surface area contributed by atoms with Gasteiger partial charge in [0.2, 0.25) is 0 Å². The van der Waals surface area contributed by atoms with Gasteiger partial charge >= 0.3 is 11.9 Å². The summed E-state index contributed by atoms with van der Waals surface area (Å²) in [6.45, 7) is 1.80. The molecular formula is C6H8BrClO4. The fraction of sp³-hybridized carbons (Fsp3) is 0.667. The Morgan fingerprint density at radius 1 is 1.67 bits per heavy atom. The first-order valence-electron chi connectivity index (χ1n) is 3.18. The smallest absolute Gasteiger partial charge is 0.325 e. The van der Waals surface area contributed by atoms with Gasteiger partial charge < -0.3 is 9.84 Å². The van der Waals surface area contributed by atoms with Crippen molar-refractivity contribution >= 4 is 39.5 Å². The molecule has 2 atom stereocenters. The van der Waals surface area contributed by atoms with Crippen LogP contribution in [-0.4, -0.2) is 33.9 Å². The Morgan fingerprint density at radius 3 is 2.50 bits per heavy atom. The van der Waals surface area contributed by atoms with Crippen molar-refractivity contribution < 1.29 is 19.4 Å². The topological polar surface area (TPSA) is 63.6 Å². The molecule has 12 heavy (non-hydrogen) atoms. The molecule has 0 aromatic heterocycles. The number of alkyl halides is 2. The van der Waals surface area contributed by atoms with E-state index in [2.05, 4.69) is 20.7 Å². The Kier molecular flexibility index (Phi) is 5.24. The maximum Gasteiger partial charge on any atom is 0.325 e. The Labute approximate surface area is 83.0 Å². The largest absolute Gasteiger partial charge is 0.480 e. The van der Waals surface area contributed by atoms with Crippen molar-refractivity contribution in [2.45, 2.75) is 17.1 Å². The molecule has 0 saturated heterocycles. The first kappa shape index (κ1) is 11.7. The van der Waals surface area contributed by atoms with Gasteiger partial charge in [0.15, 0.2) is 5.38 Å². The number of carbonyl (C=O) groups is 2. The highest BCUT2D eigenvalue weighted by Gasteiger charge is 2.30. The van der Waals surface area contributed by atoms with E-state index >= 15 is 0 Å². The quantitative estimate of drug-likeness (QED) is 0.604. The third-order valence-corrected chi connectivity index (χ3v) is 2.66. The minimum absolute atomic E-state index is 0.182. The SMILES string of the molecule is CCOC(=O)C(Cl)C(Br)C(=O)O. The highest BCUT2D eigenvalue weighted by atomic mass is 79.9. The lowest BCUT2D eigenvalue weighted by atomic mass is 10.3. The van der Waals surface area contributed by atoms with Gasteiger partial charge in [0.1, 0.15) is 4.83 Å². The van der Waals surface area contributed by atoms with Crippen LogP contribution in [0, 0.1) is 0 Å². The number of hydrogen-bond donors (Lipinski definition) is 1. The van der Waals surface area contributed by atoms with E-state index < -0.39 is 22.1 Å². The van der Waals surface area contributed by atoms with Crippen molar-refractivity contribution in [3.8, 4) is 0 Å². The third kappa shape index (κ3) is 3.40. The van der Waals surface area contributed by atoms with Crippen LogP contribution in [0.3, 0.4) is 0 Å². The van der Waals surface area contributed by atoms with Gasteiger partial charge in [-0.25, -0.2) is 0 Å². The van der Waals surface area contributed by atoms with Crippen molar-refractivity contribution in [3.05, 3.63) is 0 Å². The van der Waals surface area contributed by atoms with Crippen molar-refractivity contribution in [1.29, 1.82) is 0 Å².